The lowest BCUT2D eigenvalue weighted by Gasteiger charge is -2.37. The SMILES string of the molecule is COc1c(F)cccc1C1(O)CC2CCC(C1)S2. The summed E-state index contributed by atoms with van der Waals surface area (Å²) in [7, 11) is 1.46. The minimum Gasteiger partial charge on any atom is -0.493 e. The molecule has 2 bridgehead atoms. The van der Waals surface area contributed by atoms with Gasteiger partial charge in [0.25, 0.3) is 0 Å². The number of ether oxygens (including phenoxy) is 1. The van der Waals surface area contributed by atoms with Crippen molar-refractivity contribution in [2.75, 3.05) is 7.11 Å². The number of hydrogen-bond acceptors (Lipinski definition) is 3. The second-order valence-electron chi connectivity index (χ2n) is 5.22. The van der Waals surface area contributed by atoms with Gasteiger partial charge in [-0.15, -0.1) is 0 Å². The number of benzene rings is 1. The molecule has 18 heavy (non-hydrogen) atoms. The van der Waals surface area contributed by atoms with Crippen LogP contribution in [0.4, 0.5) is 4.39 Å². The predicted molar refractivity (Wildman–Crippen MR) is 70.5 cm³/mol. The topological polar surface area (TPSA) is 29.5 Å². The van der Waals surface area contributed by atoms with Crippen molar-refractivity contribution < 1.29 is 14.2 Å². The number of halogens is 1. The van der Waals surface area contributed by atoms with Crippen LogP contribution in [-0.4, -0.2) is 22.7 Å². The fourth-order valence-electron chi connectivity index (χ4n) is 3.22. The molecule has 2 fully saturated rings. The molecule has 0 spiro atoms. The standard InChI is InChI=1S/C14H17FO2S/c1-17-13-11(3-2-4-12(13)15)14(16)7-9-5-6-10(8-14)18-9/h2-4,9-10,16H,5-8H2,1H3. The van der Waals surface area contributed by atoms with E-state index in [4.69, 9.17) is 4.74 Å². The number of methoxy groups -OCH3 is 1. The monoisotopic (exact) mass is 268 g/mol. The van der Waals surface area contributed by atoms with E-state index in [1.807, 2.05) is 11.8 Å². The van der Waals surface area contributed by atoms with Crippen LogP contribution in [-0.2, 0) is 5.60 Å². The fraction of sp³-hybridized carbons (Fsp3) is 0.571. The smallest absolute Gasteiger partial charge is 0.165 e. The van der Waals surface area contributed by atoms with Gasteiger partial charge in [0.1, 0.15) is 0 Å². The summed E-state index contributed by atoms with van der Waals surface area (Å²) < 4.78 is 18.9. The Kier molecular flexibility index (Phi) is 3.02. The van der Waals surface area contributed by atoms with Crippen LogP contribution < -0.4 is 4.74 Å². The third-order valence-electron chi connectivity index (χ3n) is 4.00. The average Bonchev–Trinajstić information content (AvgIpc) is 2.69. The van der Waals surface area contributed by atoms with Crippen LogP contribution in [0.25, 0.3) is 0 Å². The Hall–Kier alpha value is -0.740. The molecule has 0 radical (unpaired) electrons. The first-order valence-electron chi connectivity index (χ1n) is 6.33. The summed E-state index contributed by atoms with van der Waals surface area (Å²) in [5.74, 6) is -0.194. The Morgan fingerprint density at radius 3 is 2.61 bits per heavy atom. The second kappa shape index (κ2) is 4.42. The molecular weight excluding hydrogens is 251 g/mol. The summed E-state index contributed by atoms with van der Waals surface area (Å²) in [6.45, 7) is 0. The molecule has 0 aromatic heterocycles. The largest absolute Gasteiger partial charge is 0.493 e. The van der Waals surface area contributed by atoms with Gasteiger partial charge in [0, 0.05) is 16.1 Å². The molecule has 2 heterocycles. The van der Waals surface area contributed by atoms with Gasteiger partial charge in [0.05, 0.1) is 12.7 Å². The van der Waals surface area contributed by atoms with Crippen molar-refractivity contribution >= 4 is 11.8 Å². The molecule has 3 rings (SSSR count). The number of para-hydroxylation sites is 1. The quantitative estimate of drug-likeness (QED) is 0.894. The lowest BCUT2D eigenvalue weighted by Crippen LogP contribution is -2.35. The molecule has 1 aromatic carbocycles. The van der Waals surface area contributed by atoms with Gasteiger partial charge in [0.15, 0.2) is 11.6 Å². The number of hydrogen-bond donors (Lipinski definition) is 1. The maximum absolute atomic E-state index is 13.7. The van der Waals surface area contributed by atoms with Crippen LogP contribution in [0, 0.1) is 5.82 Å². The third kappa shape index (κ3) is 1.91. The molecule has 2 aliphatic heterocycles. The molecule has 4 heteroatoms. The van der Waals surface area contributed by atoms with E-state index >= 15 is 0 Å². The second-order valence-corrected chi connectivity index (χ2v) is 6.82. The maximum Gasteiger partial charge on any atom is 0.165 e. The van der Waals surface area contributed by atoms with Crippen LogP contribution in [0.15, 0.2) is 18.2 Å². The first-order valence-corrected chi connectivity index (χ1v) is 7.27. The first kappa shape index (κ1) is 12.3. The van der Waals surface area contributed by atoms with Crippen molar-refractivity contribution in [3.8, 4) is 5.75 Å². The maximum atomic E-state index is 13.7. The molecule has 1 aromatic rings. The summed E-state index contributed by atoms with van der Waals surface area (Å²) in [6, 6.07) is 4.81. The van der Waals surface area contributed by atoms with Gasteiger partial charge in [-0.25, -0.2) is 4.39 Å². The van der Waals surface area contributed by atoms with E-state index in [2.05, 4.69) is 0 Å². The molecule has 0 saturated carbocycles. The minimum atomic E-state index is -0.926. The highest BCUT2D eigenvalue weighted by Crippen LogP contribution is 2.52. The molecule has 2 unspecified atom stereocenters. The predicted octanol–water partition coefficient (Wildman–Crippen LogP) is 3.08. The highest BCUT2D eigenvalue weighted by molar-refractivity contribution is 8.00. The van der Waals surface area contributed by atoms with Crippen molar-refractivity contribution in [2.24, 2.45) is 0 Å². The summed E-state index contributed by atoms with van der Waals surface area (Å²) in [6.07, 6.45) is 3.73. The van der Waals surface area contributed by atoms with E-state index in [1.165, 1.54) is 13.2 Å². The van der Waals surface area contributed by atoms with Crippen molar-refractivity contribution in [3.05, 3.63) is 29.6 Å². The Morgan fingerprint density at radius 2 is 2.00 bits per heavy atom. The third-order valence-corrected chi connectivity index (χ3v) is 5.57. The summed E-state index contributed by atoms with van der Waals surface area (Å²) in [5, 5.41) is 11.9. The number of fused-ring (bicyclic) bond motifs is 2. The summed E-state index contributed by atoms with van der Waals surface area (Å²) in [5.41, 5.74) is -0.313. The van der Waals surface area contributed by atoms with Crippen LogP contribution in [0.1, 0.15) is 31.2 Å². The molecule has 2 aliphatic rings. The average molecular weight is 268 g/mol. The minimum absolute atomic E-state index is 0.200. The summed E-state index contributed by atoms with van der Waals surface area (Å²) in [4.78, 5) is 0. The molecule has 2 atom stereocenters. The molecular formula is C14H17FO2S. The lowest BCUT2D eigenvalue weighted by molar-refractivity contribution is 0.0169. The van der Waals surface area contributed by atoms with Crippen molar-refractivity contribution in [1.82, 2.24) is 0 Å². The van der Waals surface area contributed by atoms with E-state index < -0.39 is 11.4 Å². The number of aliphatic hydroxyl groups is 1. The van der Waals surface area contributed by atoms with E-state index in [0.29, 0.717) is 28.9 Å². The van der Waals surface area contributed by atoms with Crippen LogP contribution in [0.2, 0.25) is 0 Å². The van der Waals surface area contributed by atoms with E-state index in [1.54, 1.807) is 12.1 Å². The van der Waals surface area contributed by atoms with Crippen LogP contribution in [0.5, 0.6) is 5.75 Å². The highest BCUT2D eigenvalue weighted by atomic mass is 32.2. The highest BCUT2D eigenvalue weighted by Gasteiger charge is 2.45. The molecule has 2 nitrogen and oxygen atoms in total. The Labute approximate surface area is 111 Å². The summed E-state index contributed by atoms with van der Waals surface area (Å²) >= 11 is 1.97. The van der Waals surface area contributed by atoms with E-state index in [-0.39, 0.29) is 5.75 Å². The van der Waals surface area contributed by atoms with E-state index in [0.717, 1.165) is 12.8 Å². The van der Waals surface area contributed by atoms with Gasteiger partial charge in [-0.1, -0.05) is 12.1 Å². The Balaban J connectivity index is 2.01. The van der Waals surface area contributed by atoms with Gasteiger partial charge >= 0.3 is 0 Å². The van der Waals surface area contributed by atoms with Crippen LogP contribution >= 0.6 is 11.8 Å². The van der Waals surface area contributed by atoms with Crippen molar-refractivity contribution in [3.63, 3.8) is 0 Å². The zero-order chi connectivity index (χ0) is 12.8. The molecule has 98 valence electrons. The number of rotatable bonds is 2. The molecule has 0 amide bonds. The molecule has 1 N–H and O–H groups in total. The van der Waals surface area contributed by atoms with Crippen LogP contribution in [0.3, 0.4) is 0 Å². The number of thioether (sulfide) groups is 1. The van der Waals surface area contributed by atoms with Gasteiger partial charge in [0.2, 0.25) is 0 Å². The van der Waals surface area contributed by atoms with Crippen molar-refractivity contribution in [1.29, 1.82) is 0 Å². The first-order chi connectivity index (χ1) is 8.62. The molecule has 2 saturated heterocycles. The lowest BCUT2D eigenvalue weighted by atomic mass is 9.85. The van der Waals surface area contributed by atoms with Gasteiger partial charge in [-0.05, 0) is 31.7 Å². The Bertz CT molecular complexity index is 451. The van der Waals surface area contributed by atoms with Gasteiger partial charge < -0.3 is 9.84 Å². The Morgan fingerprint density at radius 1 is 1.33 bits per heavy atom. The zero-order valence-electron chi connectivity index (χ0n) is 10.4. The normalized spacial score (nSPS) is 34.6. The molecule has 0 aliphatic carbocycles. The fourth-order valence-corrected chi connectivity index (χ4v) is 5.05. The van der Waals surface area contributed by atoms with Gasteiger partial charge in [-0.2, -0.15) is 11.8 Å². The zero-order valence-corrected chi connectivity index (χ0v) is 11.2. The van der Waals surface area contributed by atoms with Gasteiger partial charge in [-0.3, -0.25) is 0 Å². The van der Waals surface area contributed by atoms with Crippen molar-refractivity contribution in [2.45, 2.75) is 41.8 Å². The van der Waals surface area contributed by atoms with E-state index in [9.17, 15) is 9.50 Å².